The van der Waals surface area contributed by atoms with E-state index in [0.717, 1.165) is 17.7 Å². The summed E-state index contributed by atoms with van der Waals surface area (Å²) in [6, 6.07) is 11.8. The molecule has 0 atom stereocenters. The summed E-state index contributed by atoms with van der Waals surface area (Å²) in [6.45, 7) is 0.949. The van der Waals surface area contributed by atoms with E-state index in [4.69, 9.17) is 11.6 Å². The van der Waals surface area contributed by atoms with Crippen LogP contribution in [0.1, 0.15) is 21.5 Å². The molecule has 2 aromatic rings. The lowest BCUT2D eigenvalue weighted by molar-refractivity contribution is -0.137. The number of carbonyl (C=O) groups is 1. The van der Waals surface area contributed by atoms with Crippen LogP contribution >= 0.6 is 23.4 Å². The quantitative estimate of drug-likeness (QED) is 0.720. The molecule has 0 radical (unpaired) electrons. The summed E-state index contributed by atoms with van der Waals surface area (Å²) >= 11 is 7.40. The van der Waals surface area contributed by atoms with Crippen LogP contribution in [0.15, 0.2) is 53.5 Å². The molecule has 136 valence electrons. The SMILES string of the molecule is O=C(c1ccccc1Cl)N1CCN=C1SCc1ccc(C(F)(F)F)cc1. The molecule has 0 aliphatic carbocycles. The number of rotatable bonds is 3. The fraction of sp³-hybridized carbons (Fsp3) is 0.222. The van der Waals surface area contributed by atoms with Gasteiger partial charge in [-0.05, 0) is 29.8 Å². The Labute approximate surface area is 157 Å². The molecule has 26 heavy (non-hydrogen) atoms. The van der Waals surface area contributed by atoms with Gasteiger partial charge in [0.05, 0.1) is 22.7 Å². The van der Waals surface area contributed by atoms with Crippen LogP contribution in [-0.2, 0) is 11.9 Å². The van der Waals surface area contributed by atoms with Gasteiger partial charge in [0, 0.05) is 12.3 Å². The normalized spacial score (nSPS) is 14.5. The van der Waals surface area contributed by atoms with Gasteiger partial charge in [0.2, 0.25) is 0 Å². The minimum absolute atomic E-state index is 0.230. The summed E-state index contributed by atoms with van der Waals surface area (Å²) < 4.78 is 37.8. The maximum Gasteiger partial charge on any atom is 0.416 e. The summed E-state index contributed by atoms with van der Waals surface area (Å²) in [6.07, 6.45) is -4.35. The lowest BCUT2D eigenvalue weighted by Gasteiger charge is -2.18. The number of carbonyl (C=O) groups excluding carboxylic acids is 1. The molecule has 0 unspecified atom stereocenters. The maximum atomic E-state index is 12.7. The highest BCUT2D eigenvalue weighted by molar-refractivity contribution is 8.13. The van der Waals surface area contributed by atoms with Crippen molar-refractivity contribution in [1.82, 2.24) is 4.90 Å². The van der Waals surface area contributed by atoms with Crippen LogP contribution < -0.4 is 0 Å². The van der Waals surface area contributed by atoms with Crippen molar-refractivity contribution in [3.05, 3.63) is 70.2 Å². The molecule has 0 saturated carbocycles. The van der Waals surface area contributed by atoms with Crippen LogP contribution in [0.4, 0.5) is 13.2 Å². The van der Waals surface area contributed by atoms with Crippen molar-refractivity contribution in [2.75, 3.05) is 13.1 Å². The van der Waals surface area contributed by atoms with E-state index in [1.165, 1.54) is 23.9 Å². The van der Waals surface area contributed by atoms with E-state index < -0.39 is 11.7 Å². The van der Waals surface area contributed by atoms with Crippen LogP contribution in [-0.4, -0.2) is 29.1 Å². The van der Waals surface area contributed by atoms with Gasteiger partial charge in [-0.15, -0.1) is 0 Å². The van der Waals surface area contributed by atoms with E-state index >= 15 is 0 Å². The topological polar surface area (TPSA) is 32.7 Å². The van der Waals surface area contributed by atoms with Gasteiger partial charge in [-0.25, -0.2) is 0 Å². The Morgan fingerprint density at radius 2 is 1.85 bits per heavy atom. The number of hydrogen-bond donors (Lipinski definition) is 0. The average Bonchev–Trinajstić information content (AvgIpc) is 3.08. The Balaban J connectivity index is 1.66. The van der Waals surface area contributed by atoms with Gasteiger partial charge in [-0.1, -0.05) is 47.6 Å². The summed E-state index contributed by atoms with van der Waals surface area (Å²) in [4.78, 5) is 18.5. The Morgan fingerprint density at radius 3 is 2.50 bits per heavy atom. The van der Waals surface area contributed by atoms with Gasteiger partial charge in [-0.3, -0.25) is 14.7 Å². The fourth-order valence-corrected chi connectivity index (χ4v) is 3.67. The molecule has 1 amide bonds. The third-order valence-electron chi connectivity index (χ3n) is 3.80. The largest absolute Gasteiger partial charge is 0.416 e. The Kier molecular flexibility index (Phi) is 5.58. The molecule has 1 aliphatic heterocycles. The summed E-state index contributed by atoms with van der Waals surface area (Å²) in [5, 5.41) is 0.923. The van der Waals surface area contributed by atoms with Crippen molar-refractivity contribution in [2.24, 2.45) is 4.99 Å². The van der Waals surface area contributed by atoms with Gasteiger partial charge in [0.25, 0.3) is 5.91 Å². The molecule has 3 rings (SSSR count). The van der Waals surface area contributed by atoms with E-state index in [1.54, 1.807) is 29.2 Å². The molecule has 0 N–H and O–H groups in total. The van der Waals surface area contributed by atoms with Crippen molar-refractivity contribution in [1.29, 1.82) is 0 Å². The molecule has 1 heterocycles. The minimum Gasteiger partial charge on any atom is -0.286 e. The second kappa shape index (κ2) is 7.72. The van der Waals surface area contributed by atoms with Gasteiger partial charge in [0.1, 0.15) is 0 Å². The zero-order chi connectivity index (χ0) is 18.7. The zero-order valence-corrected chi connectivity index (χ0v) is 15.0. The fourth-order valence-electron chi connectivity index (χ4n) is 2.46. The number of alkyl halides is 3. The monoisotopic (exact) mass is 398 g/mol. The van der Waals surface area contributed by atoms with Gasteiger partial charge >= 0.3 is 6.18 Å². The zero-order valence-electron chi connectivity index (χ0n) is 13.5. The van der Waals surface area contributed by atoms with Crippen molar-refractivity contribution < 1.29 is 18.0 Å². The predicted octanol–water partition coefficient (Wildman–Crippen LogP) is 5.10. The van der Waals surface area contributed by atoms with Crippen molar-refractivity contribution in [3.63, 3.8) is 0 Å². The number of amides is 1. The highest BCUT2D eigenvalue weighted by atomic mass is 35.5. The smallest absolute Gasteiger partial charge is 0.286 e. The van der Waals surface area contributed by atoms with Gasteiger partial charge < -0.3 is 0 Å². The molecule has 3 nitrogen and oxygen atoms in total. The molecule has 0 saturated heterocycles. The molecule has 0 fully saturated rings. The Morgan fingerprint density at radius 1 is 1.15 bits per heavy atom. The molecule has 2 aromatic carbocycles. The number of thioether (sulfide) groups is 1. The van der Waals surface area contributed by atoms with Crippen LogP contribution in [0.3, 0.4) is 0 Å². The maximum absolute atomic E-state index is 12.7. The molecule has 0 spiro atoms. The first-order valence-electron chi connectivity index (χ1n) is 7.76. The van der Waals surface area contributed by atoms with E-state index in [2.05, 4.69) is 4.99 Å². The molecule has 0 aromatic heterocycles. The van der Waals surface area contributed by atoms with Crippen molar-refractivity contribution >= 4 is 34.4 Å². The van der Waals surface area contributed by atoms with E-state index in [0.29, 0.717) is 34.6 Å². The highest BCUT2D eigenvalue weighted by Gasteiger charge is 2.30. The highest BCUT2D eigenvalue weighted by Crippen LogP contribution is 2.30. The van der Waals surface area contributed by atoms with Gasteiger partial charge in [0.15, 0.2) is 5.17 Å². The van der Waals surface area contributed by atoms with Crippen LogP contribution in [0.5, 0.6) is 0 Å². The first-order chi connectivity index (χ1) is 12.4. The predicted molar refractivity (Wildman–Crippen MR) is 97.5 cm³/mol. The van der Waals surface area contributed by atoms with Crippen LogP contribution in [0.25, 0.3) is 0 Å². The Bertz CT molecular complexity index is 837. The lowest BCUT2D eigenvalue weighted by atomic mass is 10.1. The van der Waals surface area contributed by atoms with Crippen molar-refractivity contribution in [3.8, 4) is 0 Å². The number of nitrogens with zero attached hydrogens (tertiary/aromatic N) is 2. The van der Waals surface area contributed by atoms with E-state index in [-0.39, 0.29) is 5.91 Å². The van der Waals surface area contributed by atoms with Gasteiger partial charge in [-0.2, -0.15) is 13.2 Å². The number of amidine groups is 1. The Hall–Kier alpha value is -1.99. The first-order valence-corrected chi connectivity index (χ1v) is 9.12. The molecule has 1 aliphatic rings. The molecular weight excluding hydrogens is 385 g/mol. The summed E-state index contributed by atoms with van der Waals surface area (Å²) in [7, 11) is 0. The third kappa shape index (κ3) is 4.22. The molecule has 0 bridgehead atoms. The third-order valence-corrected chi connectivity index (χ3v) is 5.22. The average molecular weight is 399 g/mol. The first kappa shape index (κ1) is 18.8. The second-order valence-corrected chi connectivity index (χ2v) is 6.93. The minimum atomic E-state index is -4.35. The summed E-state index contributed by atoms with van der Waals surface area (Å²) in [5.41, 5.74) is 0.446. The second-order valence-electron chi connectivity index (χ2n) is 5.58. The standard InChI is InChI=1S/C18H14ClF3N2OS/c19-15-4-2-1-3-14(15)16(25)24-10-9-23-17(24)26-11-12-5-7-13(8-6-12)18(20,21)22/h1-8H,9-11H2. The number of benzene rings is 2. The van der Waals surface area contributed by atoms with Crippen LogP contribution in [0, 0.1) is 0 Å². The number of hydrogen-bond acceptors (Lipinski definition) is 3. The van der Waals surface area contributed by atoms with Crippen LogP contribution in [0.2, 0.25) is 5.02 Å². The lowest BCUT2D eigenvalue weighted by Crippen LogP contribution is -2.33. The van der Waals surface area contributed by atoms with E-state index in [9.17, 15) is 18.0 Å². The number of aliphatic imine (C=N–C) groups is 1. The van der Waals surface area contributed by atoms with Crippen molar-refractivity contribution in [2.45, 2.75) is 11.9 Å². The molecular formula is C18H14ClF3N2OS. The van der Waals surface area contributed by atoms with E-state index in [1.807, 2.05) is 0 Å². The molecule has 8 heteroatoms. The summed E-state index contributed by atoms with van der Waals surface area (Å²) in [5.74, 6) is 0.190. The number of halogens is 4.